The van der Waals surface area contributed by atoms with Crippen molar-refractivity contribution < 1.29 is 27.1 Å². The van der Waals surface area contributed by atoms with Gasteiger partial charge in [0.2, 0.25) is 0 Å². The zero-order valence-corrected chi connectivity index (χ0v) is 16.7. The lowest BCUT2D eigenvalue weighted by molar-refractivity contribution is -0.137. The van der Waals surface area contributed by atoms with Crippen molar-refractivity contribution in [1.29, 1.82) is 0 Å². The number of halogens is 5. The van der Waals surface area contributed by atoms with Crippen molar-refractivity contribution in [3.8, 4) is 0 Å². The SMILES string of the molecule is CCN(C)C=Nc1cc(Cl)c(C(=O)OCc2ccc(C(F)(F)F)cc2F)cc1C. The molecule has 156 valence electrons. The van der Waals surface area contributed by atoms with E-state index in [1.54, 1.807) is 13.3 Å². The molecular weight excluding hydrogens is 412 g/mol. The van der Waals surface area contributed by atoms with Crippen molar-refractivity contribution in [2.75, 3.05) is 13.6 Å². The van der Waals surface area contributed by atoms with Crippen molar-refractivity contribution in [2.45, 2.75) is 26.6 Å². The average Bonchev–Trinajstić information content (AvgIpc) is 2.65. The zero-order valence-electron chi connectivity index (χ0n) is 16.0. The first kappa shape index (κ1) is 22.7. The van der Waals surface area contributed by atoms with Crippen molar-refractivity contribution >= 4 is 29.6 Å². The summed E-state index contributed by atoms with van der Waals surface area (Å²) in [7, 11) is 1.85. The number of hydrogen-bond donors (Lipinski definition) is 0. The fraction of sp³-hybridized carbons (Fsp3) is 0.300. The maximum absolute atomic E-state index is 13.9. The molecule has 0 bridgehead atoms. The lowest BCUT2D eigenvalue weighted by Crippen LogP contribution is -2.14. The summed E-state index contributed by atoms with van der Waals surface area (Å²) in [4.78, 5) is 18.4. The van der Waals surface area contributed by atoms with E-state index in [2.05, 4.69) is 4.99 Å². The van der Waals surface area contributed by atoms with Crippen LogP contribution in [-0.2, 0) is 17.5 Å². The van der Waals surface area contributed by atoms with Gasteiger partial charge in [0, 0.05) is 19.2 Å². The van der Waals surface area contributed by atoms with Crippen LogP contribution in [0.4, 0.5) is 23.2 Å². The number of carbonyl (C=O) groups excluding carboxylic acids is 1. The molecule has 0 aliphatic carbocycles. The van der Waals surface area contributed by atoms with Crippen LogP contribution < -0.4 is 0 Å². The average molecular weight is 431 g/mol. The summed E-state index contributed by atoms with van der Waals surface area (Å²) in [5.74, 6) is -1.93. The van der Waals surface area contributed by atoms with E-state index >= 15 is 0 Å². The highest BCUT2D eigenvalue weighted by atomic mass is 35.5. The second-order valence-electron chi connectivity index (χ2n) is 6.32. The molecule has 4 nitrogen and oxygen atoms in total. The normalized spacial score (nSPS) is 11.7. The molecule has 2 aromatic rings. The third kappa shape index (κ3) is 5.93. The summed E-state index contributed by atoms with van der Waals surface area (Å²) in [6, 6.07) is 5.02. The van der Waals surface area contributed by atoms with Crippen LogP contribution in [0, 0.1) is 12.7 Å². The monoisotopic (exact) mass is 430 g/mol. The fourth-order valence-electron chi connectivity index (χ4n) is 2.27. The Bertz CT molecular complexity index is 929. The van der Waals surface area contributed by atoms with Crippen LogP contribution in [0.25, 0.3) is 0 Å². The minimum absolute atomic E-state index is 0.0549. The largest absolute Gasteiger partial charge is 0.457 e. The van der Waals surface area contributed by atoms with Gasteiger partial charge in [-0.2, -0.15) is 13.2 Å². The molecule has 0 unspecified atom stereocenters. The summed E-state index contributed by atoms with van der Waals surface area (Å²) in [6.45, 7) is 3.94. The van der Waals surface area contributed by atoms with Crippen molar-refractivity contribution in [1.82, 2.24) is 4.90 Å². The van der Waals surface area contributed by atoms with E-state index in [4.69, 9.17) is 16.3 Å². The van der Waals surface area contributed by atoms with Crippen LogP contribution in [0.1, 0.15) is 34.0 Å². The Morgan fingerprint density at radius 3 is 2.55 bits per heavy atom. The van der Waals surface area contributed by atoms with Crippen LogP contribution in [0.15, 0.2) is 35.3 Å². The number of rotatable bonds is 6. The predicted molar refractivity (Wildman–Crippen MR) is 103 cm³/mol. The first-order valence-corrected chi connectivity index (χ1v) is 8.98. The minimum atomic E-state index is -4.66. The second-order valence-corrected chi connectivity index (χ2v) is 6.72. The molecule has 0 saturated heterocycles. The summed E-state index contributed by atoms with van der Waals surface area (Å²) in [5.41, 5.74) is -0.000597. The van der Waals surface area contributed by atoms with Gasteiger partial charge in [-0.05, 0) is 43.7 Å². The maximum atomic E-state index is 13.9. The van der Waals surface area contributed by atoms with Gasteiger partial charge in [0.05, 0.1) is 28.2 Å². The predicted octanol–water partition coefficient (Wildman–Crippen LogP) is 5.77. The number of esters is 1. The molecule has 9 heteroatoms. The van der Waals surface area contributed by atoms with Gasteiger partial charge in [-0.25, -0.2) is 14.2 Å². The van der Waals surface area contributed by atoms with Crippen molar-refractivity contribution in [2.24, 2.45) is 4.99 Å². The van der Waals surface area contributed by atoms with E-state index < -0.39 is 30.1 Å². The molecule has 0 radical (unpaired) electrons. The van der Waals surface area contributed by atoms with Crippen LogP contribution in [0.2, 0.25) is 5.02 Å². The van der Waals surface area contributed by atoms with Crippen molar-refractivity contribution in [3.63, 3.8) is 0 Å². The summed E-state index contributed by atoms with van der Waals surface area (Å²) < 4.78 is 56.7. The molecule has 0 heterocycles. The minimum Gasteiger partial charge on any atom is -0.457 e. The van der Waals surface area contributed by atoms with Crippen LogP contribution in [-0.4, -0.2) is 30.8 Å². The van der Waals surface area contributed by atoms with Gasteiger partial charge in [0.25, 0.3) is 0 Å². The summed E-state index contributed by atoms with van der Waals surface area (Å²) in [6.07, 6.45) is -3.03. The quantitative estimate of drug-likeness (QED) is 0.253. The molecule has 0 aliphatic rings. The molecule has 0 atom stereocenters. The highest BCUT2D eigenvalue weighted by molar-refractivity contribution is 6.33. The third-order valence-corrected chi connectivity index (χ3v) is 4.45. The van der Waals surface area contributed by atoms with E-state index in [9.17, 15) is 22.4 Å². The van der Waals surface area contributed by atoms with Gasteiger partial charge in [-0.15, -0.1) is 0 Å². The lowest BCUT2D eigenvalue weighted by Gasteiger charge is -2.12. The number of alkyl halides is 3. The lowest BCUT2D eigenvalue weighted by atomic mass is 10.1. The highest BCUT2D eigenvalue weighted by Gasteiger charge is 2.31. The number of aryl methyl sites for hydroxylation is 1. The number of hydrogen-bond acceptors (Lipinski definition) is 3. The number of ether oxygens (including phenoxy) is 1. The number of carbonyl (C=O) groups is 1. The Hall–Kier alpha value is -2.61. The number of aliphatic imine (C=N–C) groups is 1. The smallest absolute Gasteiger partial charge is 0.416 e. The van der Waals surface area contributed by atoms with Crippen LogP contribution in [0.3, 0.4) is 0 Å². The number of nitrogens with zero attached hydrogens (tertiary/aromatic N) is 2. The molecule has 2 rings (SSSR count). The molecule has 0 aromatic heterocycles. The summed E-state index contributed by atoms with van der Waals surface area (Å²) in [5, 5.41) is 0.0970. The van der Waals surface area contributed by atoms with Gasteiger partial charge < -0.3 is 9.64 Å². The molecule has 0 aliphatic heterocycles. The third-order valence-electron chi connectivity index (χ3n) is 4.14. The van der Waals surface area contributed by atoms with Gasteiger partial charge in [-0.3, -0.25) is 0 Å². The Kier molecular flexibility index (Phi) is 7.24. The Labute approximate surface area is 170 Å². The first-order chi connectivity index (χ1) is 13.5. The highest BCUT2D eigenvalue weighted by Crippen LogP contribution is 2.31. The van der Waals surface area contributed by atoms with E-state index in [1.807, 2.05) is 18.9 Å². The van der Waals surface area contributed by atoms with Crippen LogP contribution in [0.5, 0.6) is 0 Å². The maximum Gasteiger partial charge on any atom is 0.416 e. The fourth-order valence-corrected chi connectivity index (χ4v) is 2.51. The van der Waals surface area contributed by atoms with E-state index in [-0.39, 0.29) is 16.1 Å². The van der Waals surface area contributed by atoms with Crippen LogP contribution >= 0.6 is 11.6 Å². The second kappa shape index (κ2) is 9.26. The van der Waals surface area contributed by atoms with E-state index in [0.717, 1.165) is 18.7 Å². The molecule has 0 saturated carbocycles. The zero-order chi connectivity index (χ0) is 21.8. The van der Waals surface area contributed by atoms with E-state index in [0.29, 0.717) is 17.3 Å². The first-order valence-electron chi connectivity index (χ1n) is 8.60. The molecule has 0 spiro atoms. The molecule has 0 N–H and O–H groups in total. The Morgan fingerprint density at radius 2 is 1.97 bits per heavy atom. The topological polar surface area (TPSA) is 41.9 Å². The molecule has 0 fully saturated rings. The van der Waals surface area contributed by atoms with Gasteiger partial charge in [-0.1, -0.05) is 17.7 Å². The van der Waals surface area contributed by atoms with Gasteiger partial charge in [0.1, 0.15) is 12.4 Å². The standard InChI is InChI=1S/C20H19ClF4N2O2/c1-4-27(3)11-26-18-9-16(21)15(7-12(18)2)19(28)29-10-13-5-6-14(8-17(13)22)20(23,24)25/h5-9,11H,4,10H2,1-3H3. The Morgan fingerprint density at radius 1 is 1.28 bits per heavy atom. The molecule has 29 heavy (non-hydrogen) atoms. The van der Waals surface area contributed by atoms with Gasteiger partial charge in [0.15, 0.2) is 0 Å². The Balaban J connectivity index is 2.13. The molecule has 0 amide bonds. The number of benzene rings is 2. The summed E-state index contributed by atoms with van der Waals surface area (Å²) >= 11 is 6.14. The van der Waals surface area contributed by atoms with Gasteiger partial charge >= 0.3 is 12.1 Å². The van der Waals surface area contributed by atoms with E-state index in [1.165, 1.54) is 12.1 Å². The molecule has 2 aromatic carbocycles. The molecular formula is C20H19ClF4N2O2. The van der Waals surface area contributed by atoms with Crippen molar-refractivity contribution in [3.05, 3.63) is 63.4 Å².